The first kappa shape index (κ1) is 11.0. The number of nitrogens with zero attached hydrogens (tertiary/aromatic N) is 5. The van der Waals surface area contributed by atoms with E-state index in [2.05, 4.69) is 20.6 Å². The van der Waals surface area contributed by atoms with Crippen molar-refractivity contribution in [2.45, 2.75) is 6.54 Å². The van der Waals surface area contributed by atoms with Gasteiger partial charge in [0.1, 0.15) is 11.9 Å². The van der Waals surface area contributed by atoms with Crippen LogP contribution in [0.3, 0.4) is 0 Å². The second-order valence-electron chi connectivity index (χ2n) is 3.22. The molecule has 8 nitrogen and oxygen atoms in total. The molecule has 0 bridgehead atoms. The minimum absolute atomic E-state index is 0.175. The topological polar surface area (TPSA) is 98.8 Å². The molecule has 0 fully saturated rings. The molecular formula is C9H10N6O2. The number of rotatable bonds is 5. The molecule has 0 aliphatic carbocycles. The van der Waals surface area contributed by atoms with Gasteiger partial charge in [0.05, 0.1) is 12.7 Å². The normalized spacial score (nSPS) is 10.1. The van der Waals surface area contributed by atoms with E-state index < -0.39 is 4.92 Å². The van der Waals surface area contributed by atoms with Crippen LogP contribution in [0.2, 0.25) is 0 Å². The number of nitro groups is 1. The summed E-state index contributed by atoms with van der Waals surface area (Å²) >= 11 is 0. The fraction of sp³-hybridized carbons (Fsp3) is 0.222. The van der Waals surface area contributed by atoms with Crippen molar-refractivity contribution in [3.05, 3.63) is 40.8 Å². The summed E-state index contributed by atoms with van der Waals surface area (Å²) in [7, 11) is 0. The van der Waals surface area contributed by atoms with Crippen LogP contribution in [0.1, 0.15) is 0 Å². The fourth-order valence-corrected chi connectivity index (χ4v) is 1.34. The monoisotopic (exact) mass is 234 g/mol. The number of aromatic nitrogens is 4. The Hall–Kier alpha value is -2.51. The van der Waals surface area contributed by atoms with Gasteiger partial charge >= 0.3 is 5.82 Å². The summed E-state index contributed by atoms with van der Waals surface area (Å²) in [5.74, 6) is -0.175. The van der Waals surface area contributed by atoms with Crippen LogP contribution in [0.4, 0.5) is 11.5 Å². The first-order valence-corrected chi connectivity index (χ1v) is 4.95. The van der Waals surface area contributed by atoms with Crippen molar-refractivity contribution >= 4 is 11.5 Å². The Morgan fingerprint density at radius 3 is 3.06 bits per heavy atom. The Balaban J connectivity index is 1.97. The molecule has 0 amide bonds. The third-order valence-electron chi connectivity index (χ3n) is 2.09. The number of nitrogens with one attached hydrogen (secondary N) is 1. The van der Waals surface area contributed by atoms with Gasteiger partial charge in [-0.15, -0.1) is 5.10 Å². The first-order valence-electron chi connectivity index (χ1n) is 4.95. The van der Waals surface area contributed by atoms with Gasteiger partial charge in [0, 0.05) is 12.7 Å². The highest BCUT2D eigenvalue weighted by atomic mass is 16.6. The summed E-state index contributed by atoms with van der Waals surface area (Å²) in [6.45, 7) is 1.09. The molecule has 2 heterocycles. The van der Waals surface area contributed by atoms with Crippen molar-refractivity contribution in [2.24, 2.45) is 0 Å². The summed E-state index contributed by atoms with van der Waals surface area (Å²) in [5.41, 5.74) is 0.401. The Morgan fingerprint density at radius 2 is 2.35 bits per heavy atom. The van der Waals surface area contributed by atoms with E-state index in [4.69, 9.17) is 0 Å². The maximum Gasteiger partial charge on any atom is 0.386 e. The maximum absolute atomic E-state index is 10.7. The summed E-state index contributed by atoms with van der Waals surface area (Å²) < 4.78 is 1.63. The van der Waals surface area contributed by atoms with Gasteiger partial charge in [-0.2, -0.15) is 0 Å². The molecule has 0 spiro atoms. The lowest BCUT2D eigenvalue weighted by atomic mass is 10.4. The molecule has 2 rings (SSSR count). The molecule has 2 aromatic heterocycles. The van der Waals surface area contributed by atoms with E-state index in [1.54, 1.807) is 29.2 Å². The zero-order valence-electron chi connectivity index (χ0n) is 8.85. The molecule has 1 N–H and O–H groups in total. The van der Waals surface area contributed by atoms with Crippen LogP contribution >= 0.6 is 0 Å². The summed E-state index contributed by atoms with van der Waals surface area (Å²) in [6, 6.07) is 3.26. The molecule has 0 aliphatic heterocycles. The van der Waals surface area contributed by atoms with Crippen LogP contribution in [-0.2, 0) is 6.54 Å². The summed E-state index contributed by atoms with van der Waals surface area (Å²) in [4.78, 5) is 13.9. The second kappa shape index (κ2) is 5.01. The number of anilines is 1. The highest BCUT2D eigenvalue weighted by molar-refractivity contribution is 5.56. The van der Waals surface area contributed by atoms with Gasteiger partial charge in [-0.05, 0) is 22.0 Å². The van der Waals surface area contributed by atoms with E-state index in [0.29, 0.717) is 18.8 Å². The molecule has 0 radical (unpaired) electrons. The number of hydrogen-bond acceptors (Lipinski definition) is 6. The minimum atomic E-state index is -0.516. The first-order chi connectivity index (χ1) is 8.27. The Bertz CT molecular complexity index is 498. The van der Waals surface area contributed by atoms with Crippen LogP contribution < -0.4 is 5.32 Å². The summed E-state index contributed by atoms with van der Waals surface area (Å²) in [5, 5.41) is 21.1. The van der Waals surface area contributed by atoms with Crippen molar-refractivity contribution in [1.29, 1.82) is 0 Å². The van der Waals surface area contributed by atoms with Crippen LogP contribution in [0.25, 0.3) is 0 Å². The average Bonchev–Trinajstić information content (AvgIpc) is 2.82. The van der Waals surface area contributed by atoms with E-state index in [1.165, 1.54) is 6.20 Å². The molecule has 88 valence electrons. The largest absolute Gasteiger partial charge is 0.386 e. The van der Waals surface area contributed by atoms with Gasteiger partial charge in [0.25, 0.3) is 0 Å². The molecule has 0 aliphatic rings. The third kappa shape index (κ3) is 2.74. The molecule has 0 unspecified atom stereocenters. The van der Waals surface area contributed by atoms with Crippen LogP contribution in [0.15, 0.2) is 30.7 Å². The Labute approximate surface area is 96.4 Å². The summed E-state index contributed by atoms with van der Waals surface area (Å²) in [6.07, 6.45) is 4.69. The molecule has 0 aromatic carbocycles. The van der Waals surface area contributed by atoms with E-state index in [-0.39, 0.29) is 5.82 Å². The van der Waals surface area contributed by atoms with Gasteiger partial charge in [0.2, 0.25) is 0 Å². The maximum atomic E-state index is 10.7. The second-order valence-corrected chi connectivity index (χ2v) is 3.22. The number of hydrogen-bond donors (Lipinski definition) is 1. The molecule has 17 heavy (non-hydrogen) atoms. The highest BCUT2D eigenvalue weighted by Gasteiger charge is 2.12. The molecule has 0 saturated carbocycles. The van der Waals surface area contributed by atoms with Gasteiger partial charge in [-0.25, -0.2) is 0 Å². The minimum Gasteiger partial charge on any atom is -0.376 e. The zero-order valence-corrected chi connectivity index (χ0v) is 8.85. The fourth-order valence-electron chi connectivity index (χ4n) is 1.34. The van der Waals surface area contributed by atoms with E-state index in [0.717, 1.165) is 0 Å². The molecule has 0 atom stereocenters. The number of pyridine rings is 1. The lowest BCUT2D eigenvalue weighted by Crippen LogP contribution is -2.12. The average molecular weight is 234 g/mol. The Morgan fingerprint density at radius 1 is 1.47 bits per heavy atom. The van der Waals surface area contributed by atoms with E-state index >= 15 is 0 Å². The van der Waals surface area contributed by atoms with Crippen molar-refractivity contribution < 1.29 is 4.92 Å². The molecule has 2 aromatic rings. The SMILES string of the molecule is O=[N+]([O-])c1ncccc1NCCn1ccnn1. The van der Waals surface area contributed by atoms with Gasteiger partial charge in [0.15, 0.2) is 0 Å². The van der Waals surface area contributed by atoms with Crippen molar-refractivity contribution in [3.8, 4) is 0 Å². The smallest absolute Gasteiger partial charge is 0.376 e. The van der Waals surface area contributed by atoms with Crippen LogP contribution in [0.5, 0.6) is 0 Å². The van der Waals surface area contributed by atoms with Crippen molar-refractivity contribution in [2.75, 3.05) is 11.9 Å². The molecular weight excluding hydrogens is 224 g/mol. The standard InChI is InChI=1S/C9H10N6O2/c16-15(17)9-8(2-1-3-11-9)10-4-6-14-7-5-12-13-14/h1-3,5,7,10H,4,6H2. The van der Waals surface area contributed by atoms with Gasteiger partial charge in [-0.3, -0.25) is 4.68 Å². The molecule has 0 saturated heterocycles. The third-order valence-corrected chi connectivity index (χ3v) is 2.09. The van der Waals surface area contributed by atoms with Gasteiger partial charge in [-0.1, -0.05) is 5.21 Å². The van der Waals surface area contributed by atoms with E-state index in [1.807, 2.05) is 0 Å². The van der Waals surface area contributed by atoms with Crippen molar-refractivity contribution in [3.63, 3.8) is 0 Å². The zero-order chi connectivity index (χ0) is 12.1. The van der Waals surface area contributed by atoms with E-state index in [9.17, 15) is 10.1 Å². The lowest BCUT2D eigenvalue weighted by Gasteiger charge is -2.05. The predicted octanol–water partition coefficient (Wildman–Crippen LogP) is 0.693. The van der Waals surface area contributed by atoms with Crippen LogP contribution in [0, 0.1) is 10.1 Å². The van der Waals surface area contributed by atoms with Crippen molar-refractivity contribution in [1.82, 2.24) is 20.0 Å². The van der Waals surface area contributed by atoms with Gasteiger partial charge < -0.3 is 15.4 Å². The lowest BCUT2D eigenvalue weighted by molar-refractivity contribution is -0.388. The molecule has 8 heteroatoms. The predicted molar refractivity (Wildman–Crippen MR) is 59.4 cm³/mol. The van der Waals surface area contributed by atoms with Crippen LogP contribution in [-0.4, -0.2) is 31.4 Å². The Kier molecular flexibility index (Phi) is 3.24. The quantitative estimate of drug-likeness (QED) is 0.603. The highest BCUT2D eigenvalue weighted by Crippen LogP contribution is 2.19.